The largest absolute Gasteiger partial charge is 0.453 e. The number of fused-ring (bicyclic) bond motifs is 1. The second-order valence-corrected chi connectivity index (χ2v) is 10.7. The minimum Gasteiger partial charge on any atom is -0.453 e. The highest BCUT2D eigenvalue weighted by Gasteiger charge is 2.24. The van der Waals surface area contributed by atoms with Gasteiger partial charge in [0.15, 0.2) is 17.4 Å². The number of aromatic nitrogens is 3. The topological polar surface area (TPSA) is 116 Å². The maximum atomic E-state index is 14.1. The molecule has 1 saturated carbocycles. The number of methoxy groups -OCH3 is 1. The number of carbonyl (C=O) groups is 3. The SMILES string of the molecule is COC(=O)N[C@@H](CC/C=C/C(=O)N(C)C)C(=O)Cc1cccn(Cc2nc3cc(F)c(F)cc3n2CCC2CC2)c1=O. The van der Waals surface area contributed by atoms with Crippen LogP contribution in [0.2, 0.25) is 0 Å². The Morgan fingerprint density at radius 2 is 1.95 bits per heavy atom. The van der Waals surface area contributed by atoms with Crippen LogP contribution in [-0.2, 0) is 33.8 Å². The summed E-state index contributed by atoms with van der Waals surface area (Å²) in [6, 6.07) is 4.42. The van der Waals surface area contributed by atoms with Gasteiger partial charge in [-0.25, -0.2) is 18.6 Å². The normalized spacial score (nSPS) is 13.8. The first kappa shape index (κ1) is 30.6. The summed E-state index contributed by atoms with van der Waals surface area (Å²) in [5, 5.41) is 2.51. The van der Waals surface area contributed by atoms with Crippen LogP contribution in [0, 0.1) is 17.6 Å². The molecule has 3 aromatic rings. The van der Waals surface area contributed by atoms with E-state index in [1.165, 1.54) is 22.7 Å². The maximum Gasteiger partial charge on any atom is 0.407 e. The molecule has 1 aromatic carbocycles. The number of aryl methyl sites for hydroxylation is 1. The van der Waals surface area contributed by atoms with Gasteiger partial charge in [0.25, 0.3) is 5.56 Å². The van der Waals surface area contributed by atoms with E-state index in [9.17, 15) is 28.0 Å². The first-order chi connectivity index (χ1) is 20.1. The quantitative estimate of drug-likeness (QED) is 0.308. The number of ketones is 1. The highest BCUT2D eigenvalue weighted by Crippen LogP contribution is 2.33. The summed E-state index contributed by atoms with van der Waals surface area (Å²) >= 11 is 0. The van der Waals surface area contributed by atoms with Gasteiger partial charge in [0.05, 0.1) is 30.7 Å². The van der Waals surface area contributed by atoms with Crippen molar-refractivity contribution in [1.82, 2.24) is 24.3 Å². The summed E-state index contributed by atoms with van der Waals surface area (Å²) in [5.74, 6) is -1.49. The molecule has 1 atom stereocenters. The molecular formula is C30H35F2N5O5. The van der Waals surface area contributed by atoms with E-state index in [2.05, 4.69) is 15.0 Å². The van der Waals surface area contributed by atoms with Gasteiger partial charge >= 0.3 is 6.09 Å². The number of hydrogen-bond donors (Lipinski definition) is 1. The number of rotatable bonds is 13. The molecule has 1 aliphatic rings. The number of hydrogen-bond acceptors (Lipinski definition) is 6. The zero-order valence-electron chi connectivity index (χ0n) is 23.9. The van der Waals surface area contributed by atoms with Crippen molar-refractivity contribution in [2.45, 2.75) is 57.7 Å². The average molecular weight is 584 g/mol. The van der Waals surface area contributed by atoms with Crippen LogP contribution in [0.5, 0.6) is 0 Å². The number of nitrogens with zero attached hydrogens (tertiary/aromatic N) is 4. The predicted molar refractivity (Wildman–Crippen MR) is 152 cm³/mol. The number of carbonyl (C=O) groups excluding carboxylic acids is 3. The third-order valence-electron chi connectivity index (χ3n) is 7.29. The third-order valence-corrected chi connectivity index (χ3v) is 7.29. The Hall–Kier alpha value is -4.35. The summed E-state index contributed by atoms with van der Waals surface area (Å²) < 4.78 is 35.9. The van der Waals surface area contributed by atoms with Crippen molar-refractivity contribution in [2.24, 2.45) is 5.92 Å². The van der Waals surface area contributed by atoms with Crippen LogP contribution in [0.3, 0.4) is 0 Å². The Labute approximate surface area is 242 Å². The highest BCUT2D eigenvalue weighted by molar-refractivity contribution is 5.89. The van der Waals surface area contributed by atoms with Gasteiger partial charge in [-0.2, -0.15) is 0 Å². The first-order valence-electron chi connectivity index (χ1n) is 13.8. The molecule has 2 aromatic heterocycles. The van der Waals surface area contributed by atoms with E-state index >= 15 is 0 Å². The van der Waals surface area contributed by atoms with Crippen LogP contribution in [0.1, 0.15) is 43.5 Å². The van der Waals surface area contributed by atoms with E-state index in [4.69, 9.17) is 0 Å². The summed E-state index contributed by atoms with van der Waals surface area (Å²) in [6.45, 7) is 0.599. The van der Waals surface area contributed by atoms with E-state index in [-0.39, 0.29) is 30.9 Å². The van der Waals surface area contributed by atoms with Crippen LogP contribution < -0.4 is 10.9 Å². The van der Waals surface area contributed by atoms with Crippen molar-refractivity contribution in [3.63, 3.8) is 0 Å². The van der Waals surface area contributed by atoms with Crippen molar-refractivity contribution in [2.75, 3.05) is 21.2 Å². The molecule has 0 saturated heterocycles. The Balaban J connectivity index is 1.53. The number of benzene rings is 1. The molecule has 1 aliphatic carbocycles. The minimum absolute atomic E-state index is 0.0397. The number of imidazole rings is 1. The third kappa shape index (κ3) is 7.68. The summed E-state index contributed by atoms with van der Waals surface area (Å²) in [5.41, 5.74) is 0.562. The number of nitrogens with one attached hydrogen (secondary N) is 1. The summed E-state index contributed by atoms with van der Waals surface area (Å²) in [6.07, 6.45) is 7.20. The Kier molecular flexibility index (Phi) is 9.87. The smallest absolute Gasteiger partial charge is 0.407 e. The molecule has 2 heterocycles. The molecule has 10 nitrogen and oxygen atoms in total. The zero-order chi connectivity index (χ0) is 30.4. The van der Waals surface area contributed by atoms with Crippen molar-refractivity contribution >= 4 is 28.8 Å². The number of allylic oxidation sites excluding steroid dienone is 1. The first-order valence-corrected chi connectivity index (χ1v) is 13.8. The van der Waals surface area contributed by atoms with Crippen molar-refractivity contribution in [3.8, 4) is 0 Å². The van der Waals surface area contributed by atoms with Crippen LogP contribution >= 0.6 is 0 Å². The Morgan fingerprint density at radius 3 is 2.64 bits per heavy atom. The molecule has 12 heteroatoms. The molecule has 0 radical (unpaired) electrons. The second kappa shape index (κ2) is 13.5. The fraction of sp³-hybridized carbons (Fsp3) is 0.433. The minimum atomic E-state index is -0.992. The number of ether oxygens (including phenoxy) is 1. The molecule has 0 unspecified atom stereocenters. The monoisotopic (exact) mass is 583 g/mol. The van der Waals surface area contributed by atoms with Gasteiger partial charge in [-0.05, 0) is 37.3 Å². The molecule has 2 amide bonds. The van der Waals surface area contributed by atoms with Gasteiger partial charge in [-0.1, -0.05) is 25.0 Å². The molecule has 1 fully saturated rings. The van der Waals surface area contributed by atoms with Crippen LogP contribution in [0.25, 0.3) is 11.0 Å². The fourth-order valence-corrected chi connectivity index (χ4v) is 4.68. The van der Waals surface area contributed by atoms with E-state index in [1.54, 1.807) is 38.5 Å². The predicted octanol–water partition coefficient (Wildman–Crippen LogP) is 3.59. The maximum absolute atomic E-state index is 14.1. The summed E-state index contributed by atoms with van der Waals surface area (Å²) in [7, 11) is 4.42. The molecule has 0 bridgehead atoms. The lowest BCUT2D eigenvalue weighted by Crippen LogP contribution is -2.42. The summed E-state index contributed by atoms with van der Waals surface area (Å²) in [4.78, 5) is 56.2. The van der Waals surface area contributed by atoms with Gasteiger partial charge in [0, 0.05) is 51.0 Å². The fourth-order valence-electron chi connectivity index (χ4n) is 4.68. The van der Waals surface area contributed by atoms with Gasteiger partial charge in [-0.15, -0.1) is 0 Å². The molecule has 42 heavy (non-hydrogen) atoms. The zero-order valence-corrected chi connectivity index (χ0v) is 23.9. The Morgan fingerprint density at radius 1 is 1.21 bits per heavy atom. The van der Waals surface area contributed by atoms with E-state index < -0.39 is 35.1 Å². The van der Waals surface area contributed by atoms with Gasteiger partial charge in [0.2, 0.25) is 5.91 Å². The average Bonchev–Trinajstić information content (AvgIpc) is 3.73. The van der Waals surface area contributed by atoms with Gasteiger partial charge in [-0.3, -0.25) is 14.4 Å². The Bertz CT molecular complexity index is 1560. The molecular weight excluding hydrogens is 548 g/mol. The number of alkyl carbamates (subject to hydrolysis) is 1. The van der Waals surface area contributed by atoms with Crippen LogP contribution in [0.4, 0.5) is 13.6 Å². The van der Waals surface area contributed by atoms with E-state index in [0.717, 1.165) is 31.4 Å². The second-order valence-electron chi connectivity index (χ2n) is 10.7. The number of Topliss-reactive ketones (excluding diaryl/α,β-unsaturated/α-hetero) is 1. The van der Waals surface area contributed by atoms with Crippen molar-refractivity contribution in [3.05, 3.63) is 76.0 Å². The number of amides is 2. The van der Waals surface area contributed by atoms with Gasteiger partial charge in [0.1, 0.15) is 5.82 Å². The van der Waals surface area contributed by atoms with Crippen LogP contribution in [0.15, 0.2) is 47.4 Å². The van der Waals surface area contributed by atoms with Gasteiger partial charge < -0.3 is 24.1 Å². The lowest BCUT2D eigenvalue weighted by atomic mass is 10.0. The molecule has 4 rings (SSSR count). The lowest BCUT2D eigenvalue weighted by Gasteiger charge is -2.17. The number of likely N-dealkylation sites (N-methyl/N-ethyl adjacent to an activating group) is 1. The van der Waals surface area contributed by atoms with Crippen LogP contribution in [-0.4, -0.2) is 64.0 Å². The molecule has 1 N–H and O–H groups in total. The molecule has 0 spiro atoms. The molecule has 0 aliphatic heterocycles. The van der Waals surface area contributed by atoms with E-state index in [1.807, 2.05) is 4.57 Å². The number of halogens is 2. The molecule has 224 valence electrons. The lowest BCUT2D eigenvalue weighted by molar-refractivity contribution is -0.123. The standard InChI is InChI=1S/C30H35F2N5O5/c1-35(2)28(39)9-5-4-8-23(34-30(41)42-3)26(38)15-20-7-6-13-36(29(20)40)18-27-33-24-16-21(31)22(32)17-25(24)37(27)14-12-19-10-11-19/h5-7,9,13,16-17,19,23H,4,8,10-12,14-15,18H2,1-3H3,(H,34,41)/b9-5+/t23-/m0/s1. The highest BCUT2D eigenvalue weighted by atomic mass is 19.2. The number of pyridine rings is 1. The van der Waals surface area contributed by atoms with Crippen molar-refractivity contribution in [1.29, 1.82) is 0 Å². The van der Waals surface area contributed by atoms with Crippen molar-refractivity contribution < 1.29 is 27.9 Å². The van der Waals surface area contributed by atoms with E-state index in [0.29, 0.717) is 35.7 Å².